The van der Waals surface area contributed by atoms with Gasteiger partial charge in [0, 0.05) is 26.3 Å². The summed E-state index contributed by atoms with van der Waals surface area (Å²) in [6.45, 7) is 0. The number of para-hydroxylation sites is 1. The first kappa shape index (κ1) is 25.8. The van der Waals surface area contributed by atoms with E-state index in [4.69, 9.17) is 4.42 Å². The third kappa shape index (κ3) is 3.55. The Morgan fingerprint density at radius 1 is 0.478 bits per heavy atom. The van der Waals surface area contributed by atoms with Crippen LogP contribution in [0.4, 0.5) is 11.4 Å². The van der Waals surface area contributed by atoms with Gasteiger partial charge in [0.1, 0.15) is 5.58 Å². The van der Waals surface area contributed by atoms with Gasteiger partial charge in [-0.2, -0.15) is 0 Å². The largest absolute Gasteiger partial charge is 0.454 e. The SMILES string of the molecule is c1ccc(-c2cc(Nc3ccc4c(c3)Sc3ccccc3C43c4ccccc4-c4ccccc43)c3oc4ccccc4c3c2)cc1. The number of furan rings is 1. The van der Waals surface area contributed by atoms with Gasteiger partial charge in [-0.05, 0) is 80.9 Å². The van der Waals surface area contributed by atoms with Crippen LogP contribution in [-0.2, 0) is 5.41 Å². The number of nitrogens with one attached hydrogen (secondary N) is 1. The third-order valence-corrected chi connectivity index (χ3v) is 10.8. The van der Waals surface area contributed by atoms with Crippen molar-refractivity contribution < 1.29 is 4.42 Å². The lowest BCUT2D eigenvalue weighted by molar-refractivity contribution is 0.670. The van der Waals surface area contributed by atoms with Gasteiger partial charge >= 0.3 is 0 Å². The molecule has 1 aromatic heterocycles. The molecule has 1 N–H and O–H groups in total. The predicted octanol–water partition coefficient (Wildman–Crippen LogP) is 11.8. The number of fused-ring (bicyclic) bond motifs is 12. The van der Waals surface area contributed by atoms with Gasteiger partial charge in [-0.3, -0.25) is 0 Å². The topological polar surface area (TPSA) is 25.2 Å². The predicted molar refractivity (Wildman–Crippen MR) is 190 cm³/mol. The summed E-state index contributed by atoms with van der Waals surface area (Å²) in [5.41, 5.74) is 13.7. The molecule has 2 nitrogen and oxygen atoms in total. The molecule has 0 unspecified atom stereocenters. The molecule has 1 aliphatic carbocycles. The molecule has 1 aliphatic heterocycles. The highest BCUT2D eigenvalue weighted by atomic mass is 32.2. The van der Waals surface area contributed by atoms with Crippen molar-refractivity contribution in [3.63, 3.8) is 0 Å². The van der Waals surface area contributed by atoms with Gasteiger partial charge in [-0.25, -0.2) is 0 Å². The van der Waals surface area contributed by atoms with Gasteiger partial charge < -0.3 is 9.73 Å². The van der Waals surface area contributed by atoms with Crippen LogP contribution in [0.15, 0.2) is 172 Å². The maximum Gasteiger partial charge on any atom is 0.158 e. The lowest BCUT2D eigenvalue weighted by Crippen LogP contribution is -2.31. The highest BCUT2D eigenvalue weighted by Crippen LogP contribution is 2.62. The minimum atomic E-state index is -0.373. The van der Waals surface area contributed by atoms with Crippen molar-refractivity contribution >= 4 is 45.1 Å². The average molecular weight is 606 g/mol. The summed E-state index contributed by atoms with van der Waals surface area (Å²) in [5, 5.41) is 6.03. The molecule has 0 fully saturated rings. The summed E-state index contributed by atoms with van der Waals surface area (Å²) in [5.74, 6) is 0. The lowest BCUT2D eigenvalue weighted by atomic mass is 9.67. The summed E-state index contributed by atoms with van der Waals surface area (Å²) in [4.78, 5) is 2.56. The first-order valence-corrected chi connectivity index (χ1v) is 16.5. The van der Waals surface area contributed by atoms with E-state index in [9.17, 15) is 0 Å². The van der Waals surface area contributed by atoms with Crippen LogP contribution in [0.5, 0.6) is 0 Å². The van der Waals surface area contributed by atoms with E-state index in [-0.39, 0.29) is 5.41 Å². The first-order valence-electron chi connectivity index (χ1n) is 15.7. The van der Waals surface area contributed by atoms with Crippen LogP contribution in [0.3, 0.4) is 0 Å². The summed E-state index contributed by atoms with van der Waals surface area (Å²) in [6, 6.07) is 57.1. The molecule has 216 valence electrons. The molecule has 7 aromatic carbocycles. The zero-order chi connectivity index (χ0) is 30.2. The van der Waals surface area contributed by atoms with Gasteiger partial charge in [0.15, 0.2) is 5.58 Å². The number of hydrogen-bond donors (Lipinski definition) is 1. The quantitative estimate of drug-likeness (QED) is 0.217. The van der Waals surface area contributed by atoms with Crippen molar-refractivity contribution in [1.29, 1.82) is 0 Å². The van der Waals surface area contributed by atoms with Crippen molar-refractivity contribution in [3.05, 3.63) is 180 Å². The lowest BCUT2D eigenvalue weighted by Gasteiger charge is -2.39. The van der Waals surface area contributed by atoms with E-state index in [1.165, 1.54) is 48.7 Å². The Labute approximate surface area is 271 Å². The van der Waals surface area contributed by atoms with Gasteiger partial charge in [-0.15, -0.1) is 0 Å². The maximum absolute atomic E-state index is 6.49. The molecule has 1 spiro atoms. The highest BCUT2D eigenvalue weighted by Gasteiger charge is 2.49. The van der Waals surface area contributed by atoms with Gasteiger partial charge in [-0.1, -0.05) is 133 Å². The molecule has 0 atom stereocenters. The number of benzene rings is 7. The number of hydrogen-bond acceptors (Lipinski definition) is 3. The summed E-state index contributed by atoms with van der Waals surface area (Å²) >= 11 is 1.86. The first-order chi connectivity index (χ1) is 22.8. The molecular weight excluding hydrogens is 579 g/mol. The van der Waals surface area contributed by atoms with Crippen LogP contribution in [-0.4, -0.2) is 0 Å². The Kier molecular flexibility index (Phi) is 5.46. The van der Waals surface area contributed by atoms with Gasteiger partial charge in [0.05, 0.1) is 11.1 Å². The van der Waals surface area contributed by atoms with Crippen LogP contribution < -0.4 is 5.32 Å². The fraction of sp³-hybridized carbons (Fsp3) is 0.0233. The molecule has 10 rings (SSSR count). The second kappa shape index (κ2) is 9.74. The Morgan fingerprint density at radius 3 is 1.93 bits per heavy atom. The Balaban J connectivity index is 1.17. The van der Waals surface area contributed by atoms with E-state index >= 15 is 0 Å². The fourth-order valence-electron chi connectivity index (χ4n) is 7.81. The van der Waals surface area contributed by atoms with Crippen LogP contribution in [0, 0.1) is 0 Å². The summed E-state index contributed by atoms with van der Waals surface area (Å²) in [7, 11) is 0. The summed E-state index contributed by atoms with van der Waals surface area (Å²) < 4.78 is 6.49. The standard InChI is InChI=1S/C43H27NOS/c1-2-12-27(13-3-1)28-24-33-32-16-6-10-20-39(32)45-42(33)38(25-28)44-29-22-23-37-41(26-29)46-40-21-11-9-19-36(40)43(37)34-17-7-4-14-30(34)31-15-5-8-18-35(31)43/h1-26,44H. The average Bonchev–Trinajstić information content (AvgIpc) is 3.63. The Hall–Kier alpha value is -5.51. The molecule has 46 heavy (non-hydrogen) atoms. The van der Waals surface area contributed by atoms with Gasteiger partial charge in [0.25, 0.3) is 0 Å². The van der Waals surface area contributed by atoms with Crippen LogP contribution in [0.1, 0.15) is 22.3 Å². The van der Waals surface area contributed by atoms with E-state index in [0.29, 0.717) is 0 Å². The Morgan fingerprint density at radius 2 is 1.13 bits per heavy atom. The molecule has 0 saturated heterocycles. The maximum atomic E-state index is 6.49. The number of anilines is 2. The van der Waals surface area contributed by atoms with E-state index in [0.717, 1.165) is 38.9 Å². The summed E-state index contributed by atoms with van der Waals surface area (Å²) in [6.07, 6.45) is 0. The van der Waals surface area contributed by atoms with Gasteiger partial charge in [0.2, 0.25) is 0 Å². The van der Waals surface area contributed by atoms with E-state index in [2.05, 4.69) is 151 Å². The Bertz CT molecular complexity index is 2450. The molecule has 2 aliphatic rings. The minimum absolute atomic E-state index is 0.373. The van der Waals surface area contributed by atoms with Crippen molar-refractivity contribution in [3.8, 4) is 22.3 Å². The molecule has 0 radical (unpaired) electrons. The smallest absolute Gasteiger partial charge is 0.158 e. The third-order valence-electron chi connectivity index (χ3n) is 9.71. The zero-order valence-corrected chi connectivity index (χ0v) is 25.6. The minimum Gasteiger partial charge on any atom is -0.454 e. The molecule has 3 heteroatoms. The highest BCUT2D eigenvalue weighted by molar-refractivity contribution is 7.99. The number of rotatable bonds is 3. The molecule has 2 heterocycles. The van der Waals surface area contributed by atoms with Crippen LogP contribution >= 0.6 is 11.8 Å². The van der Waals surface area contributed by atoms with Crippen LogP contribution in [0.2, 0.25) is 0 Å². The van der Waals surface area contributed by atoms with E-state index in [1.807, 2.05) is 23.9 Å². The normalized spacial score (nSPS) is 13.7. The molecule has 0 saturated carbocycles. The van der Waals surface area contributed by atoms with Crippen molar-refractivity contribution in [2.24, 2.45) is 0 Å². The second-order valence-electron chi connectivity index (χ2n) is 12.1. The molecular formula is C43H27NOS. The van der Waals surface area contributed by atoms with E-state index < -0.39 is 0 Å². The van der Waals surface area contributed by atoms with Crippen molar-refractivity contribution in [1.82, 2.24) is 0 Å². The zero-order valence-electron chi connectivity index (χ0n) is 24.8. The fourth-order valence-corrected chi connectivity index (χ4v) is 9.04. The molecule has 0 amide bonds. The van der Waals surface area contributed by atoms with Crippen molar-refractivity contribution in [2.45, 2.75) is 15.2 Å². The van der Waals surface area contributed by atoms with E-state index in [1.54, 1.807) is 0 Å². The molecule has 0 bridgehead atoms. The monoisotopic (exact) mass is 605 g/mol. The van der Waals surface area contributed by atoms with Crippen LogP contribution in [0.25, 0.3) is 44.2 Å². The second-order valence-corrected chi connectivity index (χ2v) is 13.2. The molecule has 8 aromatic rings. The van der Waals surface area contributed by atoms with Crippen molar-refractivity contribution in [2.75, 3.05) is 5.32 Å².